The van der Waals surface area contributed by atoms with Crippen molar-refractivity contribution in [2.75, 3.05) is 7.05 Å². The van der Waals surface area contributed by atoms with Crippen molar-refractivity contribution in [3.8, 4) is 11.3 Å². The van der Waals surface area contributed by atoms with Gasteiger partial charge in [-0.05, 0) is 44.3 Å². The molecule has 0 spiro atoms. The number of hydrogen-bond acceptors (Lipinski definition) is 2. The molecule has 0 aliphatic carbocycles. The van der Waals surface area contributed by atoms with Gasteiger partial charge in [-0.2, -0.15) is 13.2 Å². The number of nitrogens with one attached hydrogen (secondary N) is 1. The number of halogens is 4. The van der Waals surface area contributed by atoms with Crippen LogP contribution in [0.4, 0.5) is 13.2 Å². The summed E-state index contributed by atoms with van der Waals surface area (Å²) in [5, 5.41) is 3.11. The molecule has 1 unspecified atom stereocenters. The molecule has 0 radical (unpaired) electrons. The van der Waals surface area contributed by atoms with Gasteiger partial charge in [0.2, 0.25) is 0 Å². The highest BCUT2D eigenvalue weighted by Gasteiger charge is 2.31. The van der Waals surface area contributed by atoms with E-state index in [1.807, 2.05) is 14.0 Å². The van der Waals surface area contributed by atoms with Gasteiger partial charge in [0.15, 0.2) is 0 Å². The van der Waals surface area contributed by atoms with Crippen molar-refractivity contribution >= 4 is 11.6 Å². The molecule has 0 aliphatic heterocycles. The second kappa shape index (κ2) is 6.12. The van der Waals surface area contributed by atoms with E-state index in [-0.39, 0.29) is 11.1 Å². The van der Waals surface area contributed by atoms with Crippen LogP contribution in [0.25, 0.3) is 11.3 Å². The molecule has 0 saturated heterocycles. The predicted octanol–water partition coefficient (Wildman–Crippen LogP) is 4.77. The van der Waals surface area contributed by atoms with Gasteiger partial charge < -0.3 is 9.73 Å². The van der Waals surface area contributed by atoms with Gasteiger partial charge in [-0.3, -0.25) is 0 Å². The fraction of sp³-hybridized carbons (Fsp3) is 0.333. The first kappa shape index (κ1) is 15.9. The Morgan fingerprint density at radius 1 is 1.24 bits per heavy atom. The lowest BCUT2D eigenvalue weighted by Crippen LogP contribution is -2.23. The van der Waals surface area contributed by atoms with Crippen LogP contribution >= 0.6 is 11.6 Å². The first-order valence-corrected chi connectivity index (χ1v) is 6.82. The van der Waals surface area contributed by atoms with Gasteiger partial charge in [-0.1, -0.05) is 11.6 Å². The Morgan fingerprint density at radius 2 is 1.95 bits per heavy atom. The average Bonchev–Trinajstić information content (AvgIpc) is 2.85. The maximum atomic E-state index is 12.6. The van der Waals surface area contributed by atoms with Crippen LogP contribution in [0.3, 0.4) is 0 Å². The maximum absolute atomic E-state index is 12.6. The van der Waals surface area contributed by atoms with E-state index in [1.54, 1.807) is 12.1 Å². The highest BCUT2D eigenvalue weighted by atomic mass is 35.5. The second-order valence-electron chi connectivity index (χ2n) is 4.85. The summed E-state index contributed by atoms with van der Waals surface area (Å²) in [6.45, 7) is 2.01. The smallest absolute Gasteiger partial charge is 0.416 e. The van der Waals surface area contributed by atoms with Crippen molar-refractivity contribution in [2.24, 2.45) is 0 Å². The van der Waals surface area contributed by atoms with E-state index in [2.05, 4.69) is 5.32 Å². The van der Waals surface area contributed by atoms with E-state index in [1.165, 1.54) is 6.07 Å². The monoisotopic (exact) mass is 317 g/mol. The van der Waals surface area contributed by atoms with Crippen LogP contribution in [0.1, 0.15) is 18.2 Å². The van der Waals surface area contributed by atoms with Crippen LogP contribution in [-0.4, -0.2) is 13.1 Å². The zero-order valence-electron chi connectivity index (χ0n) is 11.6. The molecule has 114 valence electrons. The summed E-state index contributed by atoms with van der Waals surface area (Å²) in [5.41, 5.74) is -0.320. The largest absolute Gasteiger partial charge is 0.461 e. The minimum atomic E-state index is -4.40. The highest BCUT2D eigenvalue weighted by Crippen LogP contribution is 2.36. The Labute approximate surface area is 125 Å². The molecule has 1 aromatic carbocycles. The molecule has 2 aromatic rings. The predicted molar refractivity (Wildman–Crippen MR) is 76.4 cm³/mol. The van der Waals surface area contributed by atoms with Gasteiger partial charge >= 0.3 is 6.18 Å². The number of furan rings is 1. The van der Waals surface area contributed by atoms with Crippen molar-refractivity contribution in [3.05, 3.63) is 46.7 Å². The molecular formula is C15H15ClF3NO. The van der Waals surface area contributed by atoms with Crippen LogP contribution in [0.5, 0.6) is 0 Å². The summed E-state index contributed by atoms with van der Waals surface area (Å²) in [7, 11) is 1.85. The van der Waals surface area contributed by atoms with Crippen LogP contribution in [0.2, 0.25) is 5.02 Å². The molecule has 1 heterocycles. The van der Waals surface area contributed by atoms with Gasteiger partial charge in [-0.15, -0.1) is 0 Å². The van der Waals surface area contributed by atoms with Crippen molar-refractivity contribution in [1.29, 1.82) is 0 Å². The van der Waals surface area contributed by atoms with E-state index in [0.29, 0.717) is 17.7 Å². The summed E-state index contributed by atoms with van der Waals surface area (Å²) in [6.07, 6.45) is -3.71. The third-order valence-electron chi connectivity index (χ3n) is 3.22. The van der Waals surface area contributed by atoms with Crippen LogP contribution in [0, 0.1) is 0 Å². The molecule has 21 heavy (non-hydrogen) atoms. The molecule has 1 aromatic heterocycles. The molecule has 1 N–H and O–H groups in total. The SMILES string of the molecule is CNC(C)Cc1ccc(-c2ccc(C(F)(F)F)cc2Cl)o1. The van der Waals surface area contributed by atoms with E-state index in [0.717, 1.165) is 17.9 Å². The lowest BCUT2D eigenvalue weighted by molar-refractivity contribution is -0.137. The summed E-state index contributed by atoms with van der Waals surface area (Å²) in [6, 6.07) is 7.00. The quantitative estimate of drug-likeness (QED) is 0.878. The maximum Gasteiger partial charge on any atom is 0.416 e. The van der Waals surface area contributed by atoms with Crippen molar-refractivity contribution in [1.82, 2.24) is 5.32 Å². The summed E-state index contributed by atoms with van der Waals surface area (Å²) in [4.78, 5) is 0. The number of likely N-dealkylation sites (N-methyl/N-ethyl adjacent to an activating group) is 1. The first-order valence-electron chi connectivity index (χ1n) is 6.44. The van der Waals surface area contributed by atoms with E-state index in [9.17, 15) is 13.2 Å². The zero-order chi connectivity index (χ0) is 15.6. The minimum Gasteiger partial charge on any atom is -0.461 e. The standard InChI is InChI=1S/C15H15ClF3NO/c1-9(20-2)7-11-4-6-14(21-11)12-5-3-10(8-13(12)16)15(17,18)19/h3-6,8-9,20H,7H2,1-2H3. The third kappa shape index (κ3) is 3.80. The molecule has 2 nitrogen and oxygen atoms in total. The van der Waals surface area contributed by atoms with Crippen molar-refractivity contribution in [3.63, 3.8) is 0 Å². The summed E-state index contributed by atoms with van der Waals surface area (Å²) >= 11 is 5.94. The number of rotatable bonds is 4. The number of hydrogen-bond donors (Lipinski definition) is 1. The van der Waals surface area contributed by atoms with Gasteiger partial charge in [0.1, 0.15) is 11.5 Å². The molecule has 6 heteroatoms. The minimum absolute atomic E-state index is 0.0207. The molecule has 0 amide bonds. The molecule has 0 fully saturated rings. The summed E-state index contributed by atoms with van der Waals surface area (Å²) in [5.74, 6) is 1.22. The van der Waals surface area contributed by atoms with Crippen LogP contribution in [-0.2, 0) is 12.6 Å². The summed E-state index contributed by atoms with van der Waals surface area (Å²) < 4.78 is 43.4. The Morgan fingerprint density at radius 3 is 2.52 bits per heavy atom. The van der Waals surface area contributed by atoms with E-state index < -0.39 is 11.7 Å². The van der Waals surface area contributed by atoms with Gasteiger partial charge in [-0.25, -0.2) is 0 Å². The molecule has 0 bridgehead atoms. The highest BCUT2D eigenvalue weighted by molar-refractivity contribution is 6.33. The lowest BCUT2D eigenvalue weighted by atomic mass is 10.1. The fourth-order valence-electron chi connectivity index (χ4n) is 1.93. The second-order valence-corrected chi connectivity index (χ2v) is 5.26. The molecule has 0 aliphatic rings. The Balaban J connectivity index is 2.27. The van der Waals surface area contributed by atoms with E-state index >= 15 is 0 Å². The van der Waals surface area contributed by atoms with Crippen molar-refractivity contribution < 1.29 is 17.6 Å². The molecule has 0 saturated carbocycles. The average molecular weight is 318 g/mol. The number of alkyl halides is 3. The lowest BCUT2D eigenvalue weighted by Gasteiger charge is -2.09. The third-order valence-corrected chi connectivity index (χ3v) is 3.54. The van der Waals surface area contributed by atoms with E-state index in [4.69, 9.17) is 16.0 Å². The molecular weight excluding hydrogens is 303 g/mol. The van der Waals surface area contributed by atoms with Gasteiger partial charge in [0.05, 0.1) is 10.6 Å². The first-order chi connectivity index (χ1) is 9.81. The van der Waals surface area contributed by atoms with Crippen LogP contribution < -0.4 is 5.32 Å². The van der Waals surface area contributed by atoms with Crippen LogP contribution in [0.15, 0.2) is 34.7 Å². The fourth-order valence-corrected chi connectivity index (χ4v) is 2.20. The normalized spacial score (nSPS) is 13.4. The molecule has 1 atom stereocenters. The molecule has 2 rings (SSSR count). The van der Waals surface area contributed by atoms with Gasteiger partial charge in [0, 0.05) is 18.0 Å². The zero-order valence-corrected chi connectivity index (χ0v) is 12.3. The Hall–Kier alpha value is -1.46. The Bertz CT molecular complexity index is 622. The Kier molecular flexibility index (Phi) is 4.64. The topological polar surface area (TPSA) is 25.2 Å². The van der Waals surface area contributed by atoms with Gasteiger partial charge in [0.25, 0.3) is 0 Å². The van der Waals surface area contributed by atoms with Crippen molar-refractivity contribution in [2.45, 2.75) is 25.6 Å². The number of benzene rings is 1.